The number of nitrogens with zero attached hydrogens (tertiary/aromatic N) is 2. The van der Waals surface area contributed by atoms with Crippen molar-refractivity contribution in [2.45, 2.75) is 16.7 Å². The average Bonchev–Trinajstić information content (AvgIpc) is 2.69. The minimum Gasteiger partial charge on any atom is -0.339 e. The standard InChI is InChI=1S/C20H21N3O3S/c1-15(24)22-11-13-23(14-12-22)20(26)19(25)21-17-9-5-6-10-18(17)27-16-7-3-2-4-8-16/h2-10H,11-14H2,1H3,(H,21,25). The van der Waals surface area contributed by atoms with Crippen LogP contribution >= 0.6 is 11.8 Å². The van der Waals surface area contributed by atoms with Crippen LogP contribution in [-0.2, 0) is 14.4 Å². The van der Waals surface area contributed by atoms with Crippen LogP contribution in [0.5, 0.6) is 0 Å². The summed E-state index contributed by atoms with van der Waals surface area (Å²) in [5.74, 6) is -1.25. The first-order valence-electron chi connectivity index (χ1n) is 8.72. The van der Waals surface area contributed by atoms with Crippen LogP contribution in [0.4, 0.5) is 5.69 Å². The Kier molecular flexibility index (Phi) is 6.13. The van der Waals surface area contributed by atoms with Gasteiger partial charge in [-0.05, 0) is 24.3 Å². The monoisotopic (exact) mass is 383 g/mol. The molecule has 2 aromatic carbocycles. The number of amides is 3. The van der Waals surface area contributed by atoms with E-state index in [2.05, 4.69) is 5.32 Å². The topological polar surface area (TPSA) is 69.7 Å². The smallest absolute Gasteiger partial charge is 0.313 e. The van der Waals surface area contributed by atoms with Gasteiger partial charge in [0.15, 0.2) is 0 Å². The number of para-hydroxylation sites is 1. The van der Waals surface area contributed by atoms with E-state index >= 15 is 0 Å². The van der Waals surface area contributed by atoms with Gasteiger partial charge in [-0.1, -0.05) is 42.1 Å². The van der Waals surface area contributed by atoms with Crippen molar-refractivity contribution < 1.29 is 14.4 Å². The molecule has 27 heavy (non-hydrogen) atoms. The first kappa shape index (κ1) is 19.0. The van der Waals surface area contributed by atoms with Crippen molar-refractivity contribution in [2.75, 3.05) is 31.5 Å². The van der Waals surface area contributed by atoms with Crippen LogP contribution in [0.15, 0.2) is 64.4 Å². The second-order valence-corrected chi connectivity index (χ2v) is 7.28. The largest absolute Gasteiger partial charge is 0.339 e. The summed E-state index contributed by atoms with van der Waals surface area (Å²) in [6.07, 6.45) is 0. The van der Waals surface area contributed by atoms with Gasteiger partial charge >= 0.3 is 11.8 Å². The first-order chi connectivity index (χ1) is 13.0. The molecule has 140 valence electrons. The average molecular weight is 383 g/mol. The molecule has 2 aromatic rings. The van der Waals surface area contributed by atoms with E-state index in [4.69, 9.17) is 0 Å². The highest BCUT2D eigenvalue weighted by Crippen LogP contribution is 2.33. The summed E-state index contributed by atoms with van der Waals surface area (Å²) in [6, 6.07) is 17.2. The lowest BCUT2D eigenvalue weighted by molar-refractivity contribution is -0.145. The van der Waals surface area contributed by atoms with Crippen LogP contribution < -0.4 is 5.32 Å². The second-order valence-electron chi connectivity index (χ2n) is 6.16. The summed E-state index contributed by atoms with van der Waals surface area (Å²) in [7, 11) is 0. The lowest BCUT2D eigenvalue weighted by Gasteiger charge is -2.33. The van der Waals surface area contributed by atoms with Crippen LogP contribution in [0.2, 0.25) is 0 Å². The molecular formula is C20H21N3O3S. The van der Waals surface area contributed by atoms with E-state index in [0.29, 0.717) is 31.9 Å². The van der Waals surface area contributed by atoms with E-state index in [-0.39, 0.29) is 5.91 Å². The first-order valence-corrected chi connectivity index (χ1v) is 9.54. The lowest BCUT2D eigenvalue weighted by Crippen LogP contribution is -2.52. The zero-order valence-electron chi connectivity index (χ0n) is 15.1. The Morgan fingerprint density at radius 1 is 0.852 bits per heavy atom. The van der Waals surface area contributed by atoms with Crippen LogP contribution in [0.1, 0.15) is 6.92 Å². The fourth-order valence-electron chi connectivity index (χ4n) is 2.82. The van der Waals surface area contributed by atoms with E-state index in [1.807, 2.05) is 48.5 Å². The number of anilines is 1. The van der Waals surface area contributed by atoms with Crippen LogP contribution in [0.25, 0.3) is 0 Å². The molecule has 1 heterocycles. The van der Waals surface area contributed by atoms with Crippen LogP contribution in [-0.4, -0.2) is 53.7 Å². The Balaban J connectivity index is 1.64. The second kappa shape index (κ2) is 8.73. The minimum absolute atomic E-state index is 0.0154. The fraction of sp³-hybridized carbons (Fsp3) is 0.250. The zero-order valence-corrected chi connectivity index (χ0v) is 15.9. The quantitative estimate of drug-likeness (QED) is 0.827. The molecular weight excluding hydrogens is 362 g/mol. The molecule has 6 nitrogen and oxygen atoms in total. The molecule has 1 aliphatic heterocycles. The number of carbonyl (C=O) groups is 3. The van der Waals surface area contributed by atoms with Gasteiger partial charge in [-0.15, -0.1) is 0 Å². The summed E-state index contributed by atoms with van der Waals surface area (Å²) < 4.78 is 0. The molecule has 1 fully saturated rings. The molecule has 0 radical (unpaired) electrons. The van der Waals surface area contributed by atoms with Gasteiger partial charge in [0, 0.05) is 42.9 Å². The van der Waals surface area contributed by atoms with Crippen molar-refractivity contribution in [3.63, 3.8) is 0 Å². The Labute approximate surface area is 162 Å². The molecule has 1 saturated heterocycles. The predicted octanol–water partition coefficient (Wildman–Crippen LogP) is 2.47. The third-order valence-electron chi connectivity index (χ3n) is 4.31. The van der Waals surface area contributed by atoms with Gasteiger partial charge in [0.2, 0.25) is 5.91 Å². The number of hydrogen-bond donors (Lipinski definition) is 1. The maximum absolute atomic E-state index is 12.5. The number of rotatable bonds is 3. The minimum atomic E-state index is -0.660. The molecule has 0 atom stereocenters. The number of carbonyl (C=O) groups excluding carboxylic acids is 3. The molecule has 1 N–H and O–H groups in total. The van der Waals surface area contributed by atoms with Crippen molar-refractivity contribution >= 4 is 35.2 Å². The summed E-state index contributed by atoms with van der Waals surface area (Å²) in [6.45, 7) is 3.15. The van der Waals surface area contributed by atoms with Gasteiger partial charge in [0.05, 0.1) is 5.69 Å². The molecule has 0 aliphatic carbocycles. The van der Waals surface area contributed by atoms with Gasteiger partial charge < -0.3 is 15.1 Å². The van der Waals surface area contributed by atoms with E-state index in [0.717, 1.165) is 9.79 Å². The Hall–Kier alpha value is -2.80. The number of hydrogen-bond acceptors (Lipinski definition) is 4. The van der Waals surface area contributed by atoms with E-state index in [1.165, 1.54) is 23.6 Å². The molecule has 0 bridgehead atoms. The Morgan fingerprint density at radius 2 is 1.44 bits per heavy atom. The molecule has 3 rings (SSSR count). The summed E-state index contributed by atoms with van der Waals surface area (Å²) in [5, 5.41) is 2.73. The molecule has 0 unspecified atom stereocenters. The van der Waals surface area contributed by atoms with E-state index in [1.54, 1.807) is 11.0 Å². The van der Waals surface area contributed by atoms with Crippen molar-refractivity contribution in [1.29, 1.82) is 0 Å². The zero-order chi connectivity index (χ0) is 19.2. The normalized spacial score (nSPS) is 14.0. The van der Waals surface area contributed by atoms with Crippen molar-refractivity contribution in [3.05, 3.63) is 54.6 Å². The molecule has 7 heteroatoms. The van der Waals surface area contributed by atoms with Crippen molar-refractivity contribution in [3.8, 4) is 0 Å². The van der Waals surface area contributed by atoms with E-state index in [9.17, 15) is 14.4 Å². The molecule has 1 aliphatic rings. The fourth-order valence-corrected chi connectivity index (χ4v) is 3.74. The highest BCUT2D eigenvalue weighted by atomic mass is 32.2. The number of piperazine rings is 1. The predicted molar refractivity (Wildman–Crippen MR) is 104 cm³/mol. The van der Waals surface area contributed by atoms with Crippen molar-refractivity contribution in [1.82, 2.24) is 9.80 Å². The van der Waals surface area contributed by atoms with Crippen LogP contribution in [0, 0.1) is 0 Å². The van der Waals surface area contributed by atoms with Crippen LogP contribution in [0.3, 0.4) is 0 Å². The summed E-state index contributed by atoms with van der Waals surface area (Å²) in [5.41, 5.74) is 0.604. The maximum atomic E-state index is 12.5. The molecule has 0 aromatic heterocycles. The third-order valence-corrected chi connectivity index (χ3v) is 5.40. The molecule has 0 saturated carbocycles. The van der Waals surface area contributed by atoms with Crippen molar-refractivity contribution in [2.24, 2.45) is 0 Å². The highest BCUT2D eigenvalue weighted by molar-refractivity contribution is 7.99. The van der Waals surface area contributed by atoms with Gasteiger partial charge in [-0.2, -0.15) is 0 Å². The highest BCUT2D eigenvalue weighted by Gasteiger charge is 2.27. The van der Waals surface area contributed by atoms with Gasteiger partial charge in [-0.3, -0.25) is 14.4 Å². The van der Waals surface area contributed by atoms with Gasteiger partial charge in [-0.25, -0.2) is 0 Å². The lowest BCUT2D eigenvalue weighted by atomic mass is 10.3. The Bertz CT molecular complexity index is 833. The third kappa shape index (κ3) is 4.89. The number of nitrogens with one attached hydrogen (secondary N) is 1. The van der Waals surface area contributed by atoms with Gasteiger partial charge in [0.25, 0.3) is 0 Å². The molecule has 3 amide bonds. The summed E-state index contributed by atoms with van der Waals surface area (Å²) >= 11 is 1.52. The SMILES string of the molecule is CC(=O)N1CCN(C(=O)C(=O)Nc2ccccc2Sc2ccccc2)CC1. The van der Waals surface area contributed by atoms with E-state index < -0.39 is 11.8 Å². The summed E-state index contributed by atoms with van der Waals surface area (Å²) in [4.78, 5) is 41.3. The maximum Gasteiger partial charge on any atom is 0.313 e. The number of benzene rings is 2. The Morgan fingerprint density at radius 3 is 2.11 bits per heavy atom. The van der Waals surface area contributed by atoms with Gasteiger partial charge in [0.1, 0.15) is 0 Å². The molecule has 0 spiro atoms.